The van der Waals surface area contributed by atoms with Gasteiger partial charge in [-0.15, -0.1) is 0 Å². The fourth-order valence-corrected chi connectivity index (χ4v) is 3.71. The Hall–Kier alpha value is -4.79. The lowest BCUT2D eigenvalue weighted by Crippen LogP contribution is -2.36. The van der Waals surface area contributed by atoms with Gasteiger partial charge in [-0.25, -0.2) is 4.79 Å². The maximum absolute atomic E-state index is 12.8. The molecule has 1 heterocycles. The molecule has 1 aliphatic rings. The van der Waals surface area contributed by atoms with Gasteiger partial charge in [-0.1, -0.05) is 42.5 Å². The number of carbonyl (C=O) groups is 3. The Balaban J connectivity index is 1.44. The quantitative estimate of drug-likeness (QED) is 0.437. The molecule has 184 valence electrons. The molecular weight excluding hydrogens is 466 g/mol. The number of rotatable bonds is 9. The highest BCUT2D eigenvalue weighted by atomic mass is 16.5. The van der Waals surface area contributed by atoms with Crippen LogP contribution in [0.3, 0.4) is 0 Å². The summed E-state index contributed by atoms with van der Waals surface area (Å²) >= 11 is 0. The molecular formula is C27H23NO8. The van der Waals surface area contributed by atoms with E-state index >= 15 is 0 Å². The Morgan fingerprint density at radius 3 is 2.50 bits per heavy atom. The third kappa shape index (κ3) is 5.15. The van der Waals surface area contributed by atoms with Gasteiger partial charge in [0.15, 0.2) is 29.9 Å². The number of para-hydroxylation sites is 1. The van der Waals surface area contributed by atoms with Gasteiger partial charge in [-0.3, -0.25) is 9.59 Å². The van der Waals surface area contributed by atoms with Gasteiger partial charge in [0.1, 0.15) is 11.5 Å². The molecule has 9 heteroatoms. The van der Waals surface area contributed by atoms with Crippen LogP contribution in [-0.4, -0.2) is 43.6 Å². The number of ether oxygens (including phenoxy) is 4. The van der Waals surface area contributed by atoms with Crippen molar-refractivity contribution in [3.05, 3.63) is 89.2 Å². The first-order valence-electron chi connectivity index (χ1n) is 10.9. The first-order valence-corrected chi connectivity index (χ1v) is 10.9. The standard InChI is InChI=1S/C27H23NO8/c1-33-20-10-6-9-17(26(20)34-2)13-22-25(30)19-12-11-18(14-21(19)36-22)35-15-23(29)28-24(27(31)32)16-7-4-3-5-8-16/h3-14,24H,15H2,1-2H3,(H,28,29)(H,31,32). The molecule has 2 N–H and O–H groups in total. The van der Waals surface area contributed by atoms with Crippen LogP contribution in [0.1, 0.15) is 27.5 Å². The van der Waals surface area contributed by atoms with Crippen molar-refractivity contribution >= 4 is 23.7 Å². The molecule has 1 atom stereocenters. The van der Waals surface area contributed by atoms with Gasteiger partial charge >= 0.3 is 5.97 Å². The van der Waals surface area contributed by atoms with Gasteiger partial charge in [0.05, 0.1) is 19.8 Å². The molecule has 0 aromatic heterocycles. The van der Waals surface area contributed by atoms with Gasteiger partial charge in [-0.05, 0) is 29.8 Å². The van der Waals surface area contributed by atoms with E-state index in [-0.39, 0.29) is 23.0 Å². The Morgan fingerprint density at radius 1 is 1.03 bits per heavy atom. The maximum atomic E-state index is 12.8. The minimum Gasteiger partial charge on any atom is -0.493 e. The minimum atomic E-state index is -1.20. The van der Waals surface area contributed by atoms with Crippen LogP contribution < -0.4 is 24.3 Å². The summed E-state index contributed by atoms with van der Waals surface area (Å²) in [7, 11) is 3.03. The van der Waals surface area contributed by atoms with E-state index in [4.69, 9.17) is 18.9 Å². The normalized spacial score (nSPS) is 13.9. The zero-order valence-electron chi connectivity index (χ0n) is 19.5. The van der Waals surface area contributed by atoms with Crippen molar-refractivity contribution in [1.82, 2.24) is 5.32 Å². The SMILES string of the molecule is COc1cccc(C=C2Oc3cc(OCC(=O)NC(C(=O)O)c4ccccc4)ccc3C2=O)c1OC. The Labute approximate surface area is 206 Å². The molecule has 1 amide bonds. The summed E-state index contributed by atoms with van der Waals surface area (Å²) in [5, 5.41) is 11.9. The van der Waals surface area contributed by atoms with Crippen molar-refractivity contribution in [2.75, 3.05) is 20.8 Å². The number of hydrogen-bond donors (Lipinski definition) is 2. The largest absolute Gasteiger partial charge is 0.493 e. The lowest BCUT2D eigenvalue weighted by Gasteiger charge is -2.15. The second-order valence-electron chi connectivity index (χ2n) is 7.72. The van der Waals surface area contributed by atoms with Crippen LogP contribution in [0.4, 0.5) is 0 Å². The van der Waals surface area contributed by atoms with Crippen LogP contribution in [0.15, 0.2) is 72.5 Å². The van der Waals surface area contributed by atoms with Crippen molar-refractivity contribution in [2.45, 2.75) is 6.04 Å². The molecule has 0 saturated heterocycles. The molecule has 0 radical (unpaired) electrons. The highest BCUT2D eigenvalue weighted by Crippen LogP contribution is 2.37. The Morgan fingerprint density at radius 2 is 1.81 bits per heavy atom. The first-order chi connectivity index (χ1) is 17.4. The average Bonchev–Trinajstić information content (AvgIpc) is 3.20. The number of carboxylic acid groups (broad SMARTS) is 1. The molecule has 3 aromatic carbocycles. The summed E-state index contributed by atoms with van der Waals surface area (Å²) in [5.41, 5.74) is 1.39. The fourth-order valence-electron chi connectivity index (χ4n) is 3.71. The van der Waals surface area contributed by atoms with Crippen molar-refractivity contribution in [3.8, 4) is 23.0 Å². The number of carboxylic acids is 1. The van der Waals surface area contributed by atoms with E-state index in [2.05, 4.69) is 5.32 Å². The zero-order chi connectivity index (χ0) is 25.7. The average molecular weight is 489 g/mol. The van der Waals surface area contributed by atoms with Gasteiger partial charge in [0.2, 0.25) is 5.78 Å². The summed E-state index contributed by atoms with van der Waals surface area (Å²) in [5.74, 6) is -0.487. The van der Waals surface area contributed by atoms with Crippen LogP contribution in [0.25, 0.3) is 6.08 Å². The predicted octanol–water partition coefficient (Wildman–Crippen LogP) is 3.64. The third-order valence-electron chi connectivity index (χ3n) is 5.42. The van der Waals surface area contributed by atoms with E-state index in [0.717, 1.165) is 0 Å². The van der Waals surface area contributed by atoms with Crippen LogP contribution in [0.2, 0.25) is 0 Å². The number of carbonyl (C=O) groups excluding carboxylic acids is 2. The van der Waals surface area contributed by atoms with E-state index in [9.17, 15) is 19.5 Å². The van der Waals surface area contributed by atoms with E-state index in [1.807, 2.05) is 0 Å². The number of hydrogen-bond acceptors (Lipinski definition) is 7. The summed E-state index contributed by atoms with van der Waals surface area (Å²) in [4.78, 5) is 36.8. The number of fused-ring (bicyclic) bond motifs is 1. The van der Waals surface area contributed by atoms with Gasteiger partial charge in [0.25, 0.3) is 5.91 Å². The minimum absolute atomic E-state index is 0.0959. The monoisotopic (exact) mass is 489 g/mol. The molecule has 4 rings (SSSR count). The van der Waals surface area contributed by atoms with E-state index in [1.165, 1.54) is 26.4 Å². The van der Waals surface area contributed by atoms with Crippen LogP contribution >= 0.6 is 0 Å². The number of amides is 1. The molecule has 3 aromatic rings. The van der Waals surface area contributed by atoms with Crippen molar-refractivity contribution in [1.29, 1.82) is 0 Å². The number of methoxy groups -OCH3 is 2. The number of aliphatic carboxylic acids is 1. The molecule has 1 aliphatic heterocycles. The fraction of sp³-hybridized carbons (Fsp3) is 0.148. The van der Waals surface area contributed by atoms with Crippen molar-refractivity contribution in [2.24, 2.45) is 0 Å². The number of nitrogens with one attached hydrogen (secondary N) is 1. The Kier molecular flexibility index (Phi) is 7.20. The molecule has 36 heavy (non-hydrogen) atoms. The molecule has 9 nitrogen and oxygen atoms in total. The van der Waals surface area contributed by atoms with E-state index in [0.29, 0.717) is 28.2 Å². The van der Waals surface area contributed by atoms with E-state index in [1.54, 1.807) is 60.7 Å². The number of Topliss-reactive ketones (excluding diaryl/α,β-unsaturated/α-hetero) is 1. The lowest BCUT2D eigenvalue weighted by molar-refractivity contribution is -0.142. The maximum Gasteiger partial charge on any atom is 0.330 e. The second-order valence-corrected chi connectivity index (χ2v) is 7.72. The van der Waals surface area contributed by atoms with Gasteiger partial charge < -0.3 is 29.4 Å². The third-order valence-corrected chi connectivity index (χ3v) is 5.42. The molecule has 1 unspecified atom stereocenters. The van der Waals surface area contributed by atoms with Crippen LogP contribution in [0, 0.1) is 0 Å². The predicted molar refractivity (Wildman–Crippen MR) is 129 cm³/mol. The number of ketones is 1. The molecule has 0 aliphatic carbocycles. The van der Waals surface area contributed by atoms with Gasteiger partial charge in [-0.2, -0.15) is 0 Å². The number of allylic oxidation sites excluding steroid dienone is 1. The topological polar surface area (TPSA) is 120 Å². The zero-order valence-corrected chi connectivity index (χ0v) is 19.5. The molecule has 0 bridgehead atoms. The van der Waals surface area contributed by atoms with Crippen molar-refractivity contribution < 1.29 is 38.4 Å². The first kappa shape index (κ1) is 24.3. The van der Waals surface area contributed by atoms with Crippen LogP contribution in [0.5, 0.6) is 23.0 Å². The summed E-state index contributed by atoms with van der Waals surface area (Å²) in [6.45, 7) is -0.424. The lowest BCUT2D eigenvalue weighted by atomic mass is 10.1. The van der Waals surface area contributed by atoms with E-state index < -0.39 is 24.5 Å². The summed E-state index contributed by atoms with van der Waals surface area (Å²) in [6.07, 6.45) is 1.56. The second kappa shape index (κ2) is 10.6. The van der Waals surface area contributed by atoms with Crippen molar-refractivity contribution in [3.63, 3.8) is 0 Å². The summed E-state index contributed by atoms with van der Waals surface area (Å²) < 4.78 is 22.0. The molecule has 0 spiro atoms. The smallest absolute Gasteiger partial charge is 0.330 e. The number of benzene rings is 3. The Bertz CT molecular complexity index is 1330. The highest BCUT2D eigenvalue weighted by molar-refractivity contribution is 6.14. The summed E-state index contributed by atoms with van der Waals surface area (Å²) in [6, 6.07) is 17.0. The van der Waals surface area contributed by atoms with Gasteiger partial charge in [0, 0.05) is 11.6 Å². The molecule has 0 saturated carbocycles. The molecule has 0 fully saturated rings. The highest BCUT2D eigenvalue weighted by Gasteiger charge is 2.28. The van der Waals surface area contributed by atoms with Crippen LogP contribution in [-0.2, 0) is 9.59 Å².